The molecule has 0 aliphatic rings. The zero-order valence-corrected chi connectivity index (χ0v) is 7.87. The van der Waals surface area contributed by atoms with Crippen LogP contribution in [-0.4, -0.2) is 12.2 Å². The molecule has 4 N–H and O–H groups in total. The molecule has 0 bridgehead atoms. The highest BCUT2D eigenvalue weighted by atomic mass is 35.5. The van der Waals surface area contributed by atoms with Gasteiger partial charge in [0.05, 0.1) is 11.2 Å². The van der Waals surface area contributed by atoms with E-state index in [1.807, 2.05) is 0 Å². The molecule has 0 unspecified atom stereocenters. The fraction of sp³-hybridized carbons (Fsp3) is 0. The van der Waals surface area contributed by atoms with Gasteiger partial charge in [0.15, 0.2) is 0 Å². The quantitative estimate of drug-likeness (QED) is 0.439. The van der Waals surface area contributed by atoms with Crippen LogP contribution >= 0.6 is 11.6 Å². The summed E-state index contributed by atoms with van der Waals surface area (Å²) < 4.78 is 12.9. The maximum absolute atomic E-state index is 12.9. The van der Waals surface area contributed by atoms with E-state index in [-0.39, 0.29) is 11.0 Å². The van der Waals surface area contributed by atoms with Crippen LogP contribution in [0.25, 0.3) is 0 Å². The zero-order chi connectivity index (χ0) is 10.6. The summed E-state index contributed by atoms with van der Waals surface area (Å²) in [6.07, 6.45) is 1.32. The molecule has 0 amide bonds. The largest absolute Gasteiger partial charge is 0.369 e. The fourth-order valence-electron chi connectivity index (χ4n) is 0.755. The predicted octanol–water partition coefficient (Wildman–Crippen LogP) is 1.09. The highest BCUT2D eigenvalue weighted by molar-refractivity contribution is 6.30. The van der Waals surface area contributed by atoms with Crippen molar-refractivity contribution >= 4 is 23.8 Å². The Balaban J connectivity index is 2.83. The Hall–Kier alpha value is -1.62. The number of rotatable bonds is 2. The van der Waals surface area contributed by atoms with E-state index >= 15 is 0 Å². The average Bonchev–Trinajstić information content (AvgIpc) is 2.10. The van der Waals surface area contributed by atoms with Gasteiger partial charge in [-0.25, -0.2) is 4.39 Å². The molecule has 1 aromatic rings. The van der Waals surface area contributed by atoms with Gasteiger partial charge >= 0.3 is 0 Å². The van der Waals surface area contributed by atoms with Crippen molar-refractivity contribution in [2.75, 3.05) is 0 Å². The van der Waals surface area contributed by atoms with Crippen LogP contribution in [0.1, 0.15) is 5.56 Å². The molecule has 0 saturated carbocycles. The smallest absolute Gasteiger partial charge is 0.211 e. The van der Waals surface area contributed by atoms with Crippen LogP contribution in [-0.2, 0) is 0 Å². The van der Waals surface area contributed by atoms with Gasteiger partial charge < -0.3 is 11.5 Å². The monoisotopic (exact) mass is 214 g/mol. The third-order valence-corrected chi connectivity index (χ3v) is 1.63. The fourth-order valence-corrected chi connectivity index (χ4v) is 0.872. The van der Waals surface area contributed by atoms with Crippen molar-refractivity contribution in [3.63, 3.8) is 0 Å². The van der Waals surface area contributed by atoms with Crippen LogP contribution in [0.4, 0.5) is 4.39 Å². The van der Waals surface area contributed by atoms with Gasteiger partial charge in [-0.1, -0.05) is 17.7 Å². The van der Waals surface area contributed by atoms with Crippen molar-refractivity contribution in [1.29, 1.82) is 0 Å². The second-order valence-electron chi connectivity index (χ2n) is 2.44. The van der Waals surface area contributed by atoms with Gasteiger partial charge in [0.25, 0.3) is 0 Å². The second kappa shape index (κ2) is 4.57. The first-order chi connectivity index (χ1) is 6.59. The van der Waals surface area contributed by atoms with Crippen molar-refractivity contribution < 1.29 is 4.39 Å². The molecule has 1 aromatic carbocycles. The molecule has 0 radical (unpaired) electrons. The summed E-state index contributed by atoms with van der Waals surface area (Å²) in [6, 6.07) is 4.25. The van der Waals surface area contributed by atoms with Crippen molar-refractivity contribution in [1.82, 2.24) is 0 Å². The lowest BCUT2D eigenvalue weighted by Gasteiger charge is -1.94. The molecule has 4 nitrogen and oxygen atoms in total. The third-order valence-electron chi connectivity index (χ3n) is 1.32. The standard InChI is InChI=1S/C8H8ClFN4/c9-6-2-1-5(3-7(6)10)4-13-14-8(11)12/h1-4H,(H4,11,12,14). The van der Waals surface area contributed by atoms with Crippen LogP contribution in [0.2, 0.25) is 5.02 Å². The van der Waals surface area contributed by atoms with E-state index in [1.54, 1.807) is 6.07 Å². The lowest BCUT2D eigenvalue weighted by molar-refractivity contribution is 0.628. The Labute approximate surface area is 85.1 Å². The van der Waals surface area contributed by atoms with Gasteiger partial charge in [-0.2, -0.15) is 5.10 Å². The molecule has 0 heterocycles. The predicted molar refractivity (Wildman–Crippen MR) is 54.8 cm³/mol. The van der Waals surface area contributed by atoms with Crippen LogP contribution in [0.15, 0.2) is 28.4 Å². The van der Waals surface area contributed by atoms with Gasteiger partial charge in [-0.3, -0.25) is 0 Å². The first kappa shape index (κ1) is 10.5. The summed E-state index contributed by atoms with van der Waals surface area (Å²) >= 11 is 5.48. The topological polar surface area (TPSA) is 76.8 Å². The Morgan fingerprint density at radius 2 is 2.14 bits per heavy atom. The van der Waals surface area contributed by atoms with Gasteiger partial charge in [0.1, 0.15) is 5.82 Å². The lowest BCUT2D eigenvalue weighted by atomic mass is 10.2. The Morgan fingerprint density at radius 3 is 2.71 bits per heavy atom. The summed E-state index contributed by atoms with van der Waals surface area (Å²) in [5, 5.41) is 6.93. The molecule has 0 aliphatic heterocycles. The number of nitrogens with two attached hydrogens (primary N) is 2. The molecule has 0 aromatic heterocycles. The molecule has 0 saturated heterocycles. The average molecular weight is 215 g/mol. The summed E-state index contributed by atoms with van der Waals surface area (Å²) in [4.78, 5) is 0. The Bertz CT molecular complexity index is 385. The van der Waals surface area contributed by atoms with Gasteiger partial charge in [0, 0.05) is 0 Å². The maximum atomic E-state index is 12.9. The summed E-state index contributed by atoms with van der Waals surface area (Å²) in [5.74, 6) is -0.670. The van der Waals surface area contributed by atoms with Crippen LogP contribution in [0.3, 0.4) is 0 Å². The number of nitrogens with zero attached hydrogens (tertiary/aromatic N) is 2. The Kier molecular flexibility index (Phi) is 3.41. The Morgan fingerprint density at radius 1 is 1.43 bits per heavy atom. The normalized spacial score (nSPS) is 10.4. The van der Waals surface area contributed by atoms with Crippen LogP contribution in [0.5, 0.6) is 0 Å². The molecule has 6 heteroatoms. The molecule has 14 heavy (non-hydrogen) atoms. The molecule has 74 valence electrons. The highest BCUT2D eigenvalue weighted by Gasteiger charge is 1.98. The number of guanidine groups is 1. The van der Waals surface area contributed by atoms with E-state index in [1.165, 1.54) is 18.3 Å². The minimum absolute atomic E-state index is 0.0593. The maximum Gasteiger partial charge on any atom is 0.211 e. The number of halogens is 2. The second-order valence-corrected chi connectivity index (χ2v) is 2.85. The first-order valence-corrected chi connectivity index (χ1v) is 4.04. The molecule has 0 spiro atoms. The van der Waals surface area contributed by atoms with Gasteiger partial charge in [-0.05, 0) is 17.7 Å². The summed E-state index contributed by atoms with van der Waals surface area (Å²) in [6.45, 7) is 0. The lowest BCUT2D eigenvalue weighted by Crippen LogP contribution is -2.21. The van der Waals surface area contributed by atoms with Crippen molar-refractivity contribution in [2.24, 2.45) is 21.7 Å². The molecule has 0 atom stereocenters. The summed E-state index contributed by atoms with van der Waals surface area (Å²) in [7, 11) is 0. The van der Waals surface area contributed by atoms with E-state index < -0.39 is 5.82 Å². The minimum atomic E-state index is -0.514. The SMILES string of the molecule is NC(N)=NN=Cc1ccc(Cl)c(F)c1. The van der Waals surface area contributed by atoms with Crippen molar-refractivity contribution in [2.45, 2.75) is 0 Å². The van der Waals surface area contributed by atoms with E-state index in [4.69, 9.17) is 23.1 Å². The van der Waals surface area contributed by atoms with E-state index in [9.17, 15) is 4.39 Å². The summed E-state index contributed by atoms with van der Waals surface area (Å²) in [5.41, 5.74) is 10.6. The molecular formula is C8H8ClFN4. The molecule has 0 fully saturated rings. The highest BCUT2D eigenvalue weighted by Crippen LogP contribution is 2.14. The van der Waals surface area contributed by atoms with Crippen molar-refractivity contribution in [3.05, 3.63) is 34.6 Å². The van der Waals surface area contributed by atoms with Crippen molar-refractivity contribution in [3.8, 4) is 0 Å². The minimum Gasteiger partial charge on any atom is -0.369 e. The van der Waals surface area contributed by atoms with Gasteiger partial charge in [0.2, 0.25) is 5.96 Å². The number of hydrogen-bond acceptors (Lipinski definition) is 2. The first-order valence-electron chi connectivity index (χ1n) is 3.66. The zero-order valence-electron chi connectivity index (χ0n) is 7.11. The van der Waals surface area contributed by atoms with Gasteiger partial charge in [-0.15, -0.1) is 5.10 Å². The van der Waals surface area contributed by atoms with Crippen LogP contribution in [0, 0.1) is 5.82 Å². The molecule has 0 aliphatic carbocycles. The van der Waals surface area contributed by atoms with E-state index in [0.717, 1.165) is 0 Å². The molecular weight excluding hydrogens is 207 g/mol. The number of hydrogen-bond donors (Lipinski definition) is 2. The van der Waals surface area contributed by atoms with Crippen LogP contribution < -0.4 is 11.5 Å². The third kappa shape index (κ3) is 3.02. The number of benzene rings is 1. The van der Waals surface area contributed by atoms with E-state index in [0.29, 0.717) is 5.56 Å². The van der Waals surface area contributed by atoms with E-state index in [2.05, 4.69) is 10.2 Å². The molecule has 1 rings (SSSR count).